The molecule has 0 nitrogen and oxygen atoms in total. The predicted molar refractivity (Wildman–Crippen MR) is 66.6 cm³/mol. The van der Waals surface area contributed by atoms with E-state index in [9.17, 15) is 4.39 Å². The van der Waals surface area contributed by atoms with Crippen LogP contribution in [0.25, 0.3) is 0 Å². The van der Waals surface area contributed by atoms with E-state index >= 15 is 0 Å². The lowest BCUT2D eigenvalue weighted by atomic mass is 9.93. The number of rotatable bonds is 4. The molecular weight excluding hydrogens is 255 g/mol. The van der Waals surface area contributed by atoms with Crippen molar-refractivity contribution in [3.63, 3.8) is 0 Å². The molecule has 0 N–H and O–H groups in total. The van der Waals surface area contributed by atoms with E-state index < -0.39 is 0 Å². The predicted octanol–water partition coefficient (Wildman–Crippen LogP) is 5.05. The average molecular weight is 271 g/mol. The topological polar surface area (TPSA) is 0 Å². The van der Waals surface area contributed by atoms with Crippen molar-refractivity contribution in [2.24, 2.45) is 0 Å². The maximum Gasteiger partial charge on any atom is 0.126 e. The summed E-state index contributed by atoms with van der Waals surface area (Å²) in [5, 5.41) is 0. The molecule has 1 atom stereocenters. The van der Waals surface area contributed by atoms with Gasteiger partial charge >= 0.3 is 0 Å². The second-order valence-corrected chi connectivity index (χ2v) is 4.49. The van der Waals surface area contributed by atoms with Crippen LogP contribution in [0.15, 0.2) is 34.8 Å². The fourth-order valence-corrected chi connectivity index (χ4v) is 2.02. The molecule has 0 radical (unpaired) electrons. The van der Waals surface area contributed by atoms with Crippen LogP contribution < -0.4 is 0 Å². The Morgan fingerprint density at radius 3 is 2.80 bits per heavy atom. The van der Waals surface area contributed by atoms with E-state index in [-0.39, 0.29) is 11.7 Å². The second-order valence-electron chi connectivity index (χ2n) is 3.58. The zero-order valence-corrected chi connectivity index (χ0v) is 10.7. The Hall–Kier alpha value is -0.630. The van der Waals surface area contributed by atoms with Gasteiger partial charge in [0.1, 0.15) is 5.82 Å². The second kappa shape index (κ2) is 6.06. The summed E-state index contributed by atoms with van der Waals surface area (Å²) in [4.78, 5) is 0. The first-order chi connectivity index (χ1) is 7.19. The molecule has 0 amide bonds. The van der Waals surface area contributed by atoms with Gasteiger partial charge in [-0.05, 0) is 49.4 Å². The smallest absolute Gasteiger partial charge is 0.126 e. The Morgan fingerprint density at radius 2 is 2.20 bits per heavy atom. The van der Waals surface area contributed by atoms with E-state index in [4.69, 9.17) is 0 Å². The van der Waals surface area contributed by atoms with Crippen molar-refractivity contribution >= 4 is 15.9 Å². The molecule has 1 unspecified atom stereocenters. The van der Waals surface area contributed by atoms with Crippen LogP contribution in [0.1, 0.15) is 38.2 Å². The molecule has 1 rings (SSSR count). The molecule has 0 heterocycles. The van der Waals surface area contributed by atoms with Crippen molar-refractivity contribution in [1.82, 2.24) is 0 Å². The largest absolute Gasteiger partial charge is 0.207 e. The average Bonchev–Trinajstić information content (AvgIpc) is 2.24. The molecule has 0 fully saturated rings. The molecule has 1 aromatic rings. The van der Waals surface area contributed by atoms with Gasteiger partial charge in [0.05, 0.1) is 0 Å². The van der Waals surface area contributed by atoms with E-state index in [1.54, 1.807) is 6.07 Å². The first kappa shape index (κ1) is 12.4. The van der Waals surface area contributed by atoms with Crippen LogP contribution in [-0.4, -0.2) is 0 Å². The fourth-order valence-electron chi connectivity index (χ4n) is 1.64. The third-order valence-corrected chi connectivity index (χ3v) is 3.04. The Bertz CT molecular complexity index is 344. The van der Waals surface area contributed by atoms with Gasteiger partial charge in [-0.25, -0.2) is 4.39 Å². The molecule has 0 bridgehead atoms. The van der Waals surface area contributed by atoms with Gasteiger partial charge in [0.25, 0.3) is 0 Å². The van der Waals surface area contributed by atoms with Gasteiger partial charge < -0.3 is 0 Å². The summed E-state index contributed by atoms with van der Waals surface area (Å²) in [6, 6.07) is 5.14. The maximum absolute atomic E-state index is 13.6. The Labute approximate surface area is 99.3 Å². The quantitative estimate of drug-likeness (QED) is 0.672. The van der Waals surface area contributed by atoms with Gasteiger partial charge in [-0.3, -0.25) is 0 Å². The van der Waals surface area contributed by atoms with Crippen LogP contribution in [0, 0.1) is 5.82 Å². The monoisotopic (exact) mass is 270 g/mol. The highest BCUT2D eigenvalue weighted by atomic mass is 79.9. The zero-order valence-electron chi connectivity index (χ0n) is 9.13. The molecule has 0 spiro atoms. The molecule has 82 valence electrons. The first-order valence-electron chi connectivity index (χ1n) is 5.25. The summed E-state index contributed by atoms with van der Waals surface area (Å²) in [5.41, 5.74) is 0.810. The van der Waals surface area contributed by atoms with E-state index in [1.165, 1.54) is 6.07 Å². The highest BCUT2D eigenvalue weighted by Crippen LogP contribution is 2.28. The van der Waals surface area contributed by atoms with Gasteiger partial charge in [0.2, 0.25) is 0 Å². The third-order valence-electron chi connectivity index (χ3n) is 2.55. The van der Waals surface area contributed by atoms with Gasteiger partial charge in [0.15, 0.2) is 0 Å². The maximum atomic E-state index is 13.6. The van der Waals surface area contributed by atoms with E-state index in [2.05, 4.69) is 28.9 Å². The molecule has 0 saturated carbocycles. The van der Waals surface area contributed by atoms with Crippen molar-refractivity contribution in [3.8, 4) is 0 Å². The summed E-state index contributed by atoms with van der Waals surface area (Å²) in [7, 11) is 0. The minimum Gasteiger partial charge on any atom is -0.207 e. The van der Waals surface area contributed by atoms with Gasteiger partial charge in [0, 0.05) is 4.47 Å². The third kappa shape index (κ3) is 3.45. The van der Waals surface area contributed by atoms with Crippen LogP contribution >= 0.6 is 15.9 Å². The molecule has 0 aromatic heterocycles. The summed E-state index contributed by atoms with van der Waals surface area (Å²) in [6.07, 6.45) is 5.96. The van der Waals surface area contributed by atoms with Crippen molar-refractivity contribution in [1.29, 1.82) is 0 Å². The highest BCUT2D eigenvalue weighted by Gasteiger charge is 2.12. The standard InChI is InChI=1S/C13H16BrF/c1-3-5-6-10(4-2)12-9-11(14)7-8-13(12)15/h3,5,7-10H,4,6H2,1-2H3/b5-3-. The number of hydrogen-bond acceptors (Lipinski definition) is 0. The Morgan fingerprint density at radius 1 is 1.47 bits per heavy atom. The molecule has 1 aromatic carbocycles. The minimum atomic E-state index is -0.102. The van der Waals surface area contributed by atoms with Crippen LogP contribution in [-0.2, 0) is 0 Å². The number of benzene rings is 1. The van der Waals surface area contributed by atoms with Crippen LogP contribution in [0.4, 0.5) is 4.39 Å². The molecule has 2 heteroatoms. The minimum absolute atomic E-state index is 0.102. The van der Waals surface area contributed by atoms with Crippen molar-refractivity contribution in [3.05, 3.63) is 46.2 Å². The summed E-state index contributed by atoms with van der Waals surface area (Å²) >= 11 is 3.38. The van der Waals surface area contributed by atoms with E-state index in [1.807, 2.05) is 19.1 Å². The van der Waals surface area contributed by atoms with Crippen LogP contribution in [0.5, 0.6) is 0 Å². The van der Waals surface area contributed by atoms with E-state index in [0.717, 1.165) is 22.9 Å². The Kier molecular flexibility index (Phi) is 5.03. The highest BCUT2D eigenvalue weighted by molar-refractivity contribution is 9.10. The molecular formula is C13H16BrF. The normalized spacial score (nSPS) is 13.3. The van der Waals surface area contributed by atoms with Gasteiger partial charge in [-0.1, -0.05) is 35.0 Å². The zero-order chi connectivity index (χ0) is 11.3. The summed E-state index contributed by atoms with van der Waals surface area (Å²) in [5.74, 6) is 0.174. The number of allylic oxidation sites excluding steroid dienone is 2. The molecule has 0 aliphatic carbocycles. The lowest BCUT2D eigenvalue weighted by Crippen LogP contribution is -1.99. The molecule has 0 aliphatic rings. The molecule has 0 aliphatic heterocycles. The fraction of sp³-hybridized carbons (Fsp3) is 0.385. The van der Waals surface area contributed by atoms with Crippen LogP contribution in [0.3, 0.4) is 0 Å². The van der Waals surface area contributed by atoms with Crippen molar-refractivity contribution in [2.45, 2.75) is 32.6 Å². The molecule has 15 heavy (non-hydrogen) atoms. The Balaban J connectivity index is 2.94. The van der Waals surface area contributed by atoms with Gasteiger partial charge in [-0.15, -0.1) is 0 Å². The van der Waals surface area contributed by atoms with Crippen LogP contribution in [0.2, 0.25) is 0 Å². The van der Waals surface area contributed by atoms with Gasteiger partial charge in [-0.2, -0.15) is 0 Å². The SMILES string of the molecule is C/C=C\CC(CC)c1cc(Br)ccc1F. The summed E-state index contributed by atoms with van der Waals surface area (Å²) < 4.78 is 14.5. The first-order valence-corrected chi connectivity index (χ1v) is 6.04. The molecule has 0 saturated heterocycles. The number of hydrogen-bond donors (Lipinski definition) is 0. The van der Waals surface area contributed by atoms with Crippen molar-refractivity contribution < 1.29 is 4.39 Å². The lowest BCUT2D eigenvalue weighted by Gasteiger charge is -2.14. The lowest BCUT2D eigenvalue weighted by molar-refractivity contribution is 0.568. The number of halogens is 2. The van der Waals surface area contributed by atoms with E-state index in [0.29, 0.717) is 0 Å². The van der Waals surface area contributed by atoms with Crippen molar-refractivity contribution in [2.75, 3.05) is 0 Å². The summed E-state index contributed by atoms with van der Waals surface area (Å²) in [6.45, 7) is 4.08.